The highest BCUT2D eigenvalue weighted by molar-refractivity contribution is 6.04. The molecule has 3 aromatic rings. The molecule has 0 bridgehead atoms. The van der Waals surface area contributed by atoms with Gasteiger partial charge in [0.1, 0.15) is 5.76 Å². The second-order valence-corrected chi connectivity index (χ2v) is 5.61. The third kappa shape index (κ3) is 3.43. The summed E-state index contributed by atoms with van der Waals surface area (Å²) in [6.07, 6.45) is 3.19. The van der Waals surface area contributed by atoms with Crippen LogP contribution in [0.3, 0.4) is 0 Å². The molecule has 0 fully saturated rings. The van der Waals surface area contributed by atoms with Crippen LogP contribution in [-0.4, -0.2) is 16.0 Å². The molecular formula is C18H18N4O2. The number of pyridine rings is 1. The van der Waals surface area contributed by atoms with Crippen molar-refractivity contribution < 1.29 is 9.32 Å². The lowest BCUT2D eigenvalue weighted by Crippen LogP contribution is -2.12. The van der Waals surface area contributed by atoms with Crippen molar-refractivity contribution in [2.45, 2.75) is 20.8 Å². The SMILES string of the molecule is Cc1cc(NC(=O)c2cncc(Nc3cccc(C)c3C)c2)no1. The lowest BCUT2D eigenvalue weighted by Gasteiger charge is -2.12. The maximum absolute atomic E-state index is 12.3. The highest BCUT2D eigenvalue weighted by atomic mass is 16.5. The van der Waals surface area contributed by atoms with Crippen molar-refractivity contribution in [3.8, 4) is 0 Å². The third-order valence-corrected chi connectivity index (χ3v) is 3.75. The van der Waals surface area contributed by atoms with Gasteiger partial charge in [0.25, 0.3) is 5.91 Å². The van der Waals surface area contributed by atoms with Gasteiger partial charge in [-0.2, -0.15) is 0 Å². The minimum absolute atomic E-state index is 0.291. The molecule has 0 spiro atoms. The molecule has 0 saturated carbocycles. The van der Waals surface area contributed by atoms with Crippen molar-refractivity contribution in [2.75, 3.05) is 10.6 Å². The number of carbonyl (C=O) groups excluding carboxylic acids is 1. The first kappa shape index (κ1) is 15.7. The largest absolute Gasteiger partial charge is 0.360 e. The van der Waals surface area contributed by atoms with Gasteiger partial charge in [-0.15, -0.1) is 0 Å². The topological polar surface area (TPSA) is 80.0 Å². The lowest BCUT2D eigenvalue weighted by atomic mass is 10.1. The van der Waals surface area contributed by atoms with E-state index in [1.54, 1.807) is 25.3 Å². The Balaban J connectivity index is 1.78. The van der Waals surface area contributed by atoms with Crippen LogP contribution in [-0.2, 0) is 0 Å². The number of carbonyl (C=O) groups is 1. The highest BCUT2D eigenvalue weighted by Crippen LogP contribution is 2.23. The summed E-state index contributed by atoms with van der Waals surface area (Å²) in [5.74, 6) is 0.722. The van der Waals surface area contributed by atoms with E-state index in [1.165, 1.54) is 11.8 Å². The maximum Gasteiger partial charge on any atom is 0.258 e. The van der Waals surface area contributed by atoms with E-state index < -0.39 is 0 Å². The van der Waals surface area contributed by atoms with Gasteiger partial charge in [0.15, 0.2) is 5.82 Å². The Kier molecular flexibility index (Phi) is 4.29. The summed E-state index contributed by atoms with van der Waals surface area (Å²) < 4.78 is 4.94. The number of aryl methyl sites for hydroxylation is 2. The Hall–Kier alpha value is -3.15. The first-order valence-corrected chi connectivity index (χ1v) is 7.56. The molecule has 0 aliphatic carbocycles. The number of anilines is 3. The average molecular weight is 322 g/mol. The lowest BCUT2D eigenvalue weighted by molar-refractivity contribution is 0.102. The molecule has 0 atom stereocenters. The zero-order chi connectivity index (χ0) is 17.1. The molecular weight excluding hydrogens is 304 g/mol. The zero-order valence-electron chi connectivity index (χ0n) is 13.8. The van der Waals surface area contributed by atoms with E-state index in [2.05, 4.69) is 40.7 Å². The van der Waals surface area contributed by atoms with Crippen LogP contribution in [0.5, 0.6) is 0 Å². The van der Waals surface area contributed by atoms with E-state index >= 15 is 0 Å². The van der Waals surface area contributed by atoms with E-state index in [9.17, 15) is 4.79 Å². The van der Waals surface area contributed by atoms with Crippen molar-refractivity contribution in [3.63, 3.8) is 0 Å². The fourth-order valence-corrected chi connectivity index (χ4v) is 2.29. The molecule has 2 N–H and O–H groups in total. The second kappa shape index (κ2) is 6.54. The van der Waals surface area contributed by atoms with Gasteiger partial charge < -0.3 is 15.2 Å². The summed E-state index contributed by atoms with van der Waals surface area (Å²) in [6.45, 7) is 5.87. The highest BCUT2D eigenvalue weighted by Gasteiger charge is 2.10. The summed E-state index contributed by atoms with van der Waals surface area (Å²) in [5.41, 5.74) is 4.52. The summed E-state index contributed by atoms with van der Waals surface area (Å²) in [7, 11) is 0. The van der Waals surface area contributed by atoms with Crippen molar-refractivity contribution >= 4 is 23.1 Å². The minimum Gasteiger partial charge on any atom is -0.360 e. The zero-order valence-corrected chi connectivity index (χ0v) is 13.8. The molecule has 1 amide bonds. The summed E-state index contributed by atoms with van der Waals surface area (Å²) >= 11 is 0. The Bertz CT molecular complexity index is 886. The van der Waals surface area contributed by atoms with Crippen LogP contribution in [0.25, 0.3) is 0 Å². The predicted octanol–water partition coefficient (Wildman–Crippen LogP) is 3.99. The number of aromatic nitrogens is 2. The standard InChI is InChI=1S/C18H18N4O2/c1-11-5-4-6-16(13(11)3)20-15-8-14(9-19-10-15)18(23)21-17-7-12(2)24-22-17/h4-10,20H,1-3H3,(H,21,22,23). The molecule has 0 saturated heterocycles. The molecule has 3 rings (SSSR count). The molecule has 2 heterocycles. The Morgan fingerprint density at radius 3 is 2.71 bits per heavy atom. The van der Waals surface area contributed by atoms with Gasteiger partial charge in [-0.3, -0.25) is 9.78 Å². The molecule has 6 heteroatoms. The van der Waals surface area contributed by atoms with Crippen LogP contribution < -0.4 is 10.6 Å². The van der Waals surface area contributed by atoms with Crippen LogP contribution >= 0.6 is 0 Å². The van der Waals surface area contributed by atoms with Crippen LogP contribution in [0.4, 0.5) is 17.2 Å². The van der Waals surface area contributed by atoms with Crippen molar-refractivity contribution in [2.24, 2.45) is 0 Å². The molecule has 0 unspecified atom stereocenters. The van der Waals surface area contributed by atoms with E-state index in [-0.39, 0.29) is 5.91 Å². The average Bonchev–Trinajstić information content (AvgIpc) is 2.97. The molecule has 0 radical (unpaired) electrons. The van der Waals surface area contributed by atoms with E-state index in [1.807, 2.05) is 12.1 Å². The molecule has 1 aromatic carbocycles. The van der Waals surface area contributed by atoms with Gasteiger partial charge >= 0.3 is 0 Å². The van der Waals surface area contributed by atoms with Crippen molar-refractivity contribution in [3.05, 3.63) is 65.2 Å². The number of benzene rings is 1. The number of amides is 1. The molecule has 0 aliphatic heterocycles. The normalized spacial score (nSPS) is 10.5. The first-order chi connectivity index (χ1) is 11.5. The second-order valence-electron chi connectivity index (χ2n) is 5.61. The Morgan fingerprint density at radius 2 is 1.96 bits per heavy atom. The van der Waals surface area contributed by atoms with Gasteiger partial charge in [0.05, 0.1) is 17.4 Å². The van der Waals surface area contributed by atoms with E-state index in [4.69, 9.17) is 4.52 Å². The Morgan fingerprint density at radius 1 is 1.12 bits per heavy atom. The quantitative estimate of drug-likeness (QED) is 0.759. The first-order valence-electron chi connectivity index (χ1n) is 7.56. The van der Waals surface area contributed by atoms with Crippen LogP contribution in [0.15, 0.2) is 47.2 Å². The van der Waals surface area contributed by atoms with Gasteiger partial charge in [0.2, 0.25) is 0 Å². The summed E-state index contributed by atoms with van der Waals surface area (Å²) in [5, 5.41) is 9.73. The van der Waals surface area contributed by atoms with Crippen LogP contribution in [0.1, 0.15) is 27.2 Å². The molecule has 122 valence electrons. The van der Waals surface area contributed by atoms with Crippen molar-refractivity contribution in [1.82, 2.24) is 10.1 Å². The summed E-state index contributed by atoms with van der Waals surface area (Å²) in [4.78, 5) is 16.4. The monoisotopic (exact) mass is 322 g/mol. The molecule has 6 nitrogen and oxygen atoms in total. The fourth-order valence-electron chi connectivity index (χ4n) is 2.29. The number of nitrogens with zero attached hydrogens (tertiary/aromatic N) is 2. The smallest absolute Gasteiger partial charge is 0.258 e. The predicted molar refractivity (Wildman–Crippen MR) is 92.6 cm³/mol. The minimum atomic E-state index is -0.291. The van der Waals surface area contributed by atoms with Gasteiger partial charge in [-0.1, -0.05) is 17.3 Å². The number of rotatable bonds is 4. The molecule has 2 aromatic heterocycles. The number of hydrogen-bond donors (Lipinski definition) is 2. The van der Waals surface area contributed by atoms with Crippen LogP contribution in [0.2, 0.25) is 0 Å². The summed E-state index contributed by atoms with van der Waals surface area (Å²) in [6, 6.07) is 9.44. The number of hydrogen-bond acceptors (Lipinski definition) is 5. The fraction of sp³-hybridized carbons (Fsp3) is 0.167. The van der Waals surface area contributed by atoms with Gasteiger partial charge in [-0.25, -0.2) is 0 Å². The third-order valence-electron chi connectivity index (χ3n) is 3.75. The van der Waals surface area contributed by atoms with Crippen LogP contribution in [0, 0.1) is 20.8 Å². The van der Waals surface area contributed by atoms with E-state index in [0.717, 1.165) is 16.9 Å². The van der Waals surface area contributed by atoms with Crippen molar-refractivity contribution in [1.29, 1.82) is 0 Å². The molecule has 0 aliphatic rings. The van der Waals surface area contributed by atoms with Gasteiger partial charge in [-0.05, 0) is 44.0 Å². The Labute approximate surface area is 139 Å². The van der Waals surface area contributed by atoms with E-state index in [0.29, 0.717) is 17.1 Å². The van der Waals surface area contributed by atoms with Gasteiger partial charge in [0, 0.05) is 18.0 Å². The maximum atomic E-state index is 12.3. The number of nitrogens with one attached hydrogen (secondary N) is 2. The molecule has 24 heavy (non-hydrogen) atoms.